The molecular formula is C16H12N4S. The highest BCUT2D eigenvalue weighted by atomic mass is 32.1. The van der Waals surface area contributed by atoms with Gasteiger partial charge in [0.1, 0.15) is 29.4 Å². The maximum atomic E-state index is 9.32. The fraction of sp³-hybridized carbons (Fsp3) is 0.188. The Balaban J connectivity index is 2.67. The maximum absolute atomic E-state index is 9.32. The number of rotatable bonds is 4. The summed E-state index contributed by atoms with van der Waals surface area (Å²) in [5, 5.41) is 29.3. The third-order valence-corrected chi connectivity index (χ3v) is 3.94. The van der Waals surface area contributed by atoms with Gasteiger partial charge in [0.2, 0.25) is 0 Å². The van der Waals surface area contributed by atoms with Gasteiger partial charge in [0.05, 0.1) is 16.3 Å². The molecule has 21 heavy (non-hydrogen) atoms. The fourth-order valence-electron chi connectivity index (χ4n) is 2.17. The van der Waals surface area contributed by atoms with Gasteiger partial charge in [-0.25, -0.2) is 0 Å². The van der Waals surface area contributed by atoms with Crippen molar-refractivity contribution >= 4 is 16.9 Å². The minimum Gasteiger partial charge on any atom is -0.339 e. The molecular weight excluding hydrogens is 280 g/mol. The van der Waals surface area contributed by atoms with Crippen LogP contribution in [0.1, 0.15) is 19.0 Å². The van der Waals surface area contributed by atoms with E-state index in [1.165, 1.54) is 0 Å². The van der Waals surface area contributed by atoms with Crippen molar-refractivity contribution in [1.29, 1.82) is 15.8 Å². The lowest BCUT2D eigenvalue weighted by molar-refractivity contribution is 0.683. The zero-order chi connectivity index (χ0) is 15.2. The first-order chi connectivity index (χ1) is 10.3. The second kappa shape index (κ2) is 6.57. The van der Waals surface area contributed by atoms with Gasteiger partial charge in [-0.2, -0.15) is 15.8 Å². The van der Waals surface area contributed by atoms with E-state index in [-0.39, 0.29) is 11.1 Å². The third-order valence-electron chi connectivity index (χ3n) is 3.04. The smallest absolute Gasteiger partial charge is 0.149 e. The molecule has 0 atom stereocenters. The summed E-state index contributed by atoms with van der Waals surface area (Å²) in [4.78, 5) is 1.10. The predicted molar refractivity (Wildman–Crippen MR) is 81.8 cm³/mol. The molecule has 5 heteroatoms. The van der Waals surface area contributed by atoms with E-state index >= 15 is 0 Å². The van der Waals surface area contributed by atoms with Gasteiger partial charge in [0.15, 0.2) is 0 Å². The van der Waals surface area contributed by atoms with Crippen LogP contribution in [-0.4, -0.2) is 4.57 Å². The zero-order valence-electron chi connectivity index (χ0n) is 11.5. The van der Waals surface area contributed by atoms with Crippen molar-refractivity contribution < 1.29 is 0 Å². The Bertz CT molecular complexity index is 773. The molecule has 4 nitrogen and oxygen atoms in total. The summed E-state index contributed by atoms with van der Waals surface area (Å²) in [6.45, 7) is 2.78. The van der Waals surface area contributed by atoms with Gasteiger partial charge in [-0.1, -0.05) is 13.0 Å². The van der Waals surface area contributed by atoms with Crippen LogP contribution < -0.4 is 0 Å². The summed E-state index contributed by atoms with van der Waals surface area (Å²) >= 11 is 1.62. The van der Waals surface area contributed by atoms with E-state index in [0.717, 1.165) is 23.5 Å². The van der Waals surface area contributed by atoms with Crippen LogP contribution >= 0.6 is 11.3 Å². The largest absolute Gasteiger partial charge is 0.339 e. The highest BCUT2D eigenvalue weighted by molar-refractivity contribution is 7.13. The van der Waals surface area contributed by atoms with Gasteiger partial charge in [0.25, 0.3) is 0 Å². The van der Waals surface area contributed by atoms with Crippen molar-refractivity contribution in [2.24, 2.45) is 0 Å². The highest BCUT2D eigenvalue weighted by Crippen LogP contribution is 2.30. The summed E-state index contributed by atoms with van der Waals surface area (Å²) in [5.74, 6) is 0. The lowest BCUT2D eigenvalue weighted by Crippen LogP contribution is -2.04. The molecule has 2 rings (SSSR count). The van der Waals surface area contributed by atoms with Gasteiger partial charge in [0, 0.05) is 6.54 Å². The van der Waals surface area contributed by atoms with E-state index in [4.69, 9.17) is 10.5 Å². The number of nitrogens with zero attached hydrogens (tertiary/aromatic N) is 4. The molecule has 0 amide bonds. The second-order valence-corrected chi connectivity index (χ2v) is 5.27. The van der Waals surface area contributed by atoms with E-state index in [9.17, 15) is 5.26 Å². The number of hydrogen-bond acceptors (Lipinski definition) is 4. The quantitative estimate of drug-likeness (QED) is 0.800. The highest BCUT2D eigenvalue weighted by Gasteiger charge is 2.17. The van der Waals surface area contributed by atoms with E-state index in [1.807, 2.05) is 41.1 Å². The molecule has 2 aromatic heterocycles. The molecule has 0 aromatic carbocycles. The molecule has 0 bridgehead atoms. The van der Waals surface area contributed by atoms with E-state index in [0.29, 0.717) is 5.69 Å². The van der Waals surface area contributed by atoms with Crippen molar-refractivity contribution in [3.63, 3.8) is 0 Å². The first-order valence-corrected chi connectivity index (χ1v) is 7.33. The lowest BCUT2D eigenvalue weighted by atomic mass is 10.1. The van der Waals surface area contributed by atoms with Crippen LogP contribution in [0.2, 0.25) is 0 Å². The molecule has 0 unspecified atom stereocenters. The van der Waals surface area contributed by atoms with Crippen molar-refractivity contribution in [1.82, 2.24) is 4.57 Å². The van der Waals surface area contributed by atoms with Gasteiger partial charge in [-0.15, -0.1) is 11.3 Å². The standard InChI is InChI=1S/C16H12N4S/c1-2-7-20-14(13(11-19)12(9-17)10-18)5-6-15(20)16-4-3-8-21-16/h3-6,8H,2,7H2,1H3. The molecule has 2 heterocycles. The fourth-order valence-corrected chi connectivity index (χ4v) is 2.93. The Morgan fingerprint density at radius 3 is 2.43 bits per heavy atom. The molecule has 0 spiro atoms. The monoisotopic (exact) mass is 292 g/mol. The topological polar surface area (TPSA) is 76.3 Å². The van der Waals surface area contributed by atoms with Crippen LogP contribution in [0.15, 0.2) is 35.2 Å². The molecule has 0 fully saturated rings. The van der Waals surface area contributed by atoms with Crippen LogP contribution in [0.5, 0.6) is 0 Å². The van der Waals surface area contributed by atoms with Gasteiger partial charge >= 0.3 is 0 Å². The second-order valence-electron chi connectivity index (χ2n) is 4.32. The number of thiophene rings is 1. The molecule has 0 N–H and O–H groups in total. The molecule has 0 aliphatic rings. The van der Waals surface area contributed by atoms with E-state index in [1.54, 1.807) is 29.5 Å². The molecule has 0 aliphatic heterocycles. The molecule has 0 aliphatic carbocycles. The minimum absolute atomic E-state index is 0.135. The van der Waals surface area contributed by atoms with E-state index in [2.05, 4.69) is 0 Å². The molecule has 0 saturated carbocycles. The number of nitriles is 3. The lowest BCUT2D eigenvalue weighted by Gasteiger charge is -2.11. The average Bonchev–Trinajstić information content (AvgIpc) is 3.14. The SMILES string of the molecule is CCCn1c(C(C#N)=C(C#N)C#N)ccc1-c1cccs1. The first kappa shape index (κ1) is 14.6. The Morgan fingerprint density at radius 1 is 1.14 bits per heavy atom. The Hall–Kier alpha value is -2.81. The van der Waals surface area contributed by atoms with Crippen molar-refractivity contribution in [3.05, 3.63) is 40.9 Å². The molecule has 2 aromatic rings. The third kappa shape index (κ3) is 2.72. The summed E-state index contributed by atoms with van der Waals surface area (Å²) in [6, 6.07) is 13.3. The molecule has 0 radical (unpaired) electrons. The Labute approximate surface area is 127 Å². The van der Waals surface area contributed by atoms with Gasteiger partial charge < -0.3 is 4.57 Å². The van der Waals surface area contributed by atoms with Crippen LogP contribution in [0, 0.1) is 34.0 Å². The van der Waals surface area contributed by atoms with Crippen LogP contribution in [0.3, 0.4) is 0 Å². The normalized spacial score (nSPS) is 9.43. The summed E-state index contributed by atoms with van der Waals surface area (Å²) in [6.07, 6.45) is 0.896. The minimum atomic E-state index is -0.148. The van der Waals surface area contributed by atoms with Crippen LogP contribution in [0.25, 0.3) is 16.1 Å². The van der Waals surface area contributed by atoms with E-state index < -0.39 is 0 Å². The summed E-state index contributed by atoms with van der Waals surface area (Å²) in [7, 11) is 0. The van der Waals surface area contributed by atoms with Crippen molar-refractivity contribution in [2.75, 3.05) is 0 Å². The van der Waals surface area contributed by atoms with Gasteiger partial charge in [-0.3, -0.25) is 0 Å². The maximum Gasteiger partial charge on any atom is 0.149 e. The van der Waals surface area contributed by atoms with Crippen molar-refractivity contribution in [2.45, 2.75) is 19.9 Å². The first-order valence-electron chi connectivity index (χ1n) is 6.45. The van der Waals surface area contributed by atoms with Crippen LogP contribution in [-0.2, 0) is 6.54 Å². The number of aromatic nitrogens is 1. The predicted octanol–water partition coefficient (Wildman–Crippen LogP) is 3.95. The van der Waals surface area contributed by atoms with Crippen LogP contribution in [0.4, 0.5) is 0 Å². The number of hydrogen-bond donors (Lipinski definition) is 0. The number of allylic oxidation sites excluding steroid dienone is 2. The van der Waals surface area contributed by atoms with Crippen molar-refractivity contribution in [3.8, 4) is 28.8 Å². The average molecular weight is 292 g/mol. The van der Waals surface area contributed by atoms with Gasteiger partial charge in [-0.05, 0) is 30.0 Å². The Morgan fingerprint density at radius 2 is 1.90 bits per heavy atom. The summed E-state index contributed by atoms with van der Waals surface area (Å²) < 4.78 is 2.00. The summed E-state index contributed by atoms with van der Waals surface area (Å²) in [5.41, 5.74) is 1.62. The zero-order valence-corrected chi connectivity index (χ0v) is 12.3. The molecule has 102 valence electrons. The molecule has 0 saturated heterocycles. The Kier molecular flexibility index (Phi) is 4.57.